The van der Waals surface area contributed by atoms with E-state index in [1.165, 1.54) is 5.56 Å². The average Bonchev–Trinajstić information content (AvgIpc) is 3.32. The lowest BCUT2D eigenvalue weighted by molar-refractivity contribution is -0.121. The normalized spacial score (nSPS) is 10.8. The fraction of sp³-hybridized carbons (Fsp3) is 0.200. The van der Waals surface area contributed by atoms with Gasteiger partial charge in [0, 0.05) is 30.7 Å². The molecule has 4 rings (SSSR count). The monoisotopic (exact) mass is 399 g/mol. The first kappa shape index (κ1) is 19.7. The topological polar surface area (TPSA) is 56.1 Å². The summed E-state index contributed by atoms with van der Waals surface area (Å²) >= 11 is 0. The third kappa shape index (κ3) is 5.06. The van der Waals surface area contributed by atoms with Crippen LogP contribution in [0.25, 0.3) is 16.5 Å². The Morgan fingerprint density at radius 1 is 0.967 bits per heavy atom. The first-order valence-electron chi connectivity index (χ1n) is 10.3. The molecule has 1 N–H and O–H groups in total. The van der Waals surface area contributed by atoms with Gasteiger partial charge in [0.2, 0.25) is 5.91 Å². The molecule has 1 heterocycles. The minimum atomic E-state index is 0.0599. The predicted molar refractivity (Wildman–Crippen MR) is 119 cm³/mol. The standard InChI is InChI=1S/C25H25N3O2/c29-25(10-4-19-30-24-9-3-7-21-6-1-2-8-23(21)24)26-17-15-20-11-13-22(14-12-20)28-18-5-16-27-28/h1-3,5-9,11-14,16,18H,4,10,15,17,19H2,(H,26,29). The van der Waals surface area contributed by atoms with Crippen molar-refractivity contribution in [1.29, 1.82) is 0 Å². The molecule has 5 heteroatoms. The van der Waals surface area contributed by atoms with Gasteiger partial charge in [-0.3, -0.25) is 4.79 Å². The smallest absolute Gasteiger partial charge is 0.220 e. The molecule has 4 aromatic rings. The Morgan fingerprint density at radius 2 is 1.80 bits per heavy atom. The summed E-state index contributed by atoms with van der Waals surface area (Å²) in [6.45, 7) is 1.15. The Morgan fingerprint density at radius 3 is 2.63 bits per heavy atom. The number of nitrogens with zero attached hydrogens (tertiary/aromatic N) is 2. The number of benzene rings is 3. The highest BCUT2D eigenvalue weighted by Gasteiger charge is 2.04. The summed E-state index contributed by atoms with van der Waals surface area (Å²) in [5.41, 5.74) is 2.21. The van der Waals surface area contributed by atoms with Gasteiger partial charge in [-0.25, -0.2) is 4.68 Å². The molecule has 0 saturated heterocycles. The van der Waals surface area contributed by atoms with E-state index in [4.69, 9.17) is 4.74 Å². The van der Waals surface area contributed by atoms with Gasteiger partial charge < -0.3 is 10.1 Å². The SMILES string of the molecule is O=C(CCCOc1cccc2ccccc12)NCCc1ccc(-n2cccn2)cc1. The zero-order valence-electron chi connectivity index (χ0n) is 16.8. The molecule has 0 radical (unpaired) electrons. The number of ether oxygens (including phenoxy) is 1. The number of rotatable bonds is 9. The van der Waals surface area contributed by atoms with Crippen LogP contribution in [-0.4, -0.2) is 28.8 Å². The van der Waals surface area contributed by atoms with E-state index < -0.39 is 0 Å². The third-order valence-corrected chi connectivity index (χ3v) is 5.00. The highest BCUT2D eigenvalue weighted by Crippen LogP contribution is 2.25. The summed E-state index contributed by atoms with van der Waals surface area (Å²) in [4.78, 5) is 12.1. The Balaban J connectivity index is 1.16. The number of amides is 1. The van der Waals surface area contributed by atoms with E-state index in [0.717, 1.165) is 28.6 Å². The second-order valence-electron chi connectivity index (χ2n) is 7.15. The number of hydrogen-bond acceptors (Lipinski definition) is 3. The molecule has 0 aliphatic heterocycles. The van der Waals surface area contributed by atoms with E-state index in [-0.39, 0.29) is 5.91 Å². The van der Waals surface area contributed by atoms with Gasteiger partial charge in [-0.1, -0.05) is 48.5 Å². The summed E-state index contributed by atoms with van der Waals surface area (Å²) in [7, 11) is 0. The zero-order chi connectivity index (χ0) is 20.6. The molecule has 0 aliphatic carbocycles. The molecule has 1 amide bonds. The summed E-state index contributed by atoms with van der Waals surface area (Å²) in [5.74, 6) is 0.928. The van der Waals surface area contributed by atoms with Crippen molar-refractivity contribution in [3.63, 3.8) is 0 Å². The Labute approximate surface area is 176 Å². The summed E-state index contributed by atoms with van der Waals surface area (Å²) in [6.07, 6.45) is 5.63. The fourth-order valence-electron chi connectivity index (χ4n) is 3.41. The maximum atomic E-state index is 12.1. The van der Waals surface area contributed by atoms with Gasteiger partial charge in [-0.05, 0) is 48.1 Å². The number of fused-ring (bicyclic) bond motifs is 1. The molecular formula is C25H25N3O2. The molecule has 0 spiro atoms. The van der Waals surface area contributed by atoms with Gasteiger partial charge in [0.15, 0.2) is 0 Å². The van der Waals surface area contributed by atoms with Crippen molar-refractivity contribution in [1.82, 2.24) is 15.1 Å². The van der Waals surface area contributed by atoms with Gasteiger partial charge in [0.1, 0.15) is 5.75 Å². The summed E-state index contributed by atoms with van der Waals surface area (Å²) in [6, 6.07) is 24.3. The van der Waals surface area contributed by atoms with E-state index >= 15 is 0 Å². The second kappa shape index (κ2) is 9.74. The molecule has 0 aliphatic rings. The number of carbonyl (C=O) groups excluding carboxylic acids is 1. The minimum absolute atomic E-state index is 0.0599. The van der Waals surface area contributed by atoms with Gasteiger partial charge in [-0.15, -0.1) is 0 Å². The van der Waals surface area contributed by atoms with Crippen molar-refractivity contribution in [2.24, 2.45) is 0 Å². The molecule has 5 nitrogen and oxygen atoms in total. The highest BCUT2D eigenvalue weighted by molar-refractivity contribution is 5.88. The molecule has 0 atom stereocenters. The molecule has 1 aromatic heterocycles. The van der Waals surface area contributed by atoms with Crippen LogP contribution in [0.15, 0.2) is 85.2 Å². The molecule has 152 valence electrons. The lowest BCUT2D eigenvalue weighted by Gasteiger charge is -2.10. The second-order valence-corrected chi connectivity index (χ2v) is 7.15. The van der Waals surface area contributed by atoms with Gasteiger partial charge in [0.05, 0.1) is 12.3 Å². The van der Waals surface area contributed by atoms with E-state index in [9.17, 15) is 4.79 Å². The van der Waals surface area contributed by atoms with Gasteiger partial charge in [-0.2, -0.15) is 5.10 Å². The summed E-state index contributed by atoms with van der Waals surface area (Å²) in [5, 5.41) is 9.47. The predicted octanol–water partition coefficient (Wildman–Crippen LogP) is 4.54. The molecule has 0 unspecified atom stereocenters. The van der Waals surface area contributed by atoms with E-state index in [1.807, 2.05) is 53.3 Å². The van der Waals surface area contributed by atoms with Crippen molar-refractivity contribution >= 4 is 16.7 Å². The molecule has 0 bridgehead atoms. The van der Waals surface area contributed by atoms with Crippen LogP contribution in [-0.2, 0) is 11.2 Å². The molecular weight excluding hydrogens is 374 g/mol. The van der Waals surface area contributed by atoms with Crippen LogP contribution in [0.1, 0.15) is 18.4 Å². The summed E-state index contributed by atoms with van der Waals surface area (Å²) < 4.78 is 7.72. The minimum Gasteiger partial charge on any atom is -0.493 e. The Bertz CT molecular complexity index is 1080. The molecule has 30 heavy (non-hydrogen) atoms. The largest absolute Gasteiger partial charge is 0.493 e. The molecule has 3 aromatic carbocycles. The number of nitrogens with one attached hydrogen (secondary N) is 1. The van der Waals surface area contributed by atoms with Gasteiger partial charge >= 0.3 is 0 Å². The maximum absolute atomic E-state index is 12.1. The van der Waals surface area contributed by atoms with Gasteiger partial charge in [0.25, 0.3) is 0 Å². The lowest BCUT2D eigenvalue weighted by atomic mass is 10.1. The van der Waals surface area contributed by atoms with Crippen molar-refractivity contribution in [3.05, 3.63) is 90.8 Å². The van der Waals surface area contributed by atoms with Crippen LogP contribution >= 0.6 is 0 Å². The Hall–Kier alpha value is -3.60. The van der Waals surface area contributed by atoms with Crippen LogP contribution in [0.3, 0.4) is 0 Å². The molecule has 0 saturated carbocycles. The van der Waals surface area contributed by atoms with Crippen molar-refractivity contribution in [3.8, 4) is 11.4 Å². The fourth-order valence-corrected chi connectivity index (χ4v) is 3.41. The number of carbonyl (C=O) groups is 1. The maximum Gasteiger partial charge on any atom is 0.220 e. The Kier molecular flexibility index (Phi) is 6.40. The van der Waals surface area contributed by atoms with Crippen molar-refractivity contribution < 1.29 is 9.53 Å². The first-order valence-corrected chi connectivity index (χ1v) is 10.3. The highest BCUT2D eigenvalue weighted by atomic mass is 16.5. The number of aromatic nitrogens is 2. The van der Waals surface area contributed by atoms with Crippen LogP contribution in [0.5, 0.6) is 5.75 Å². The van der Waals surface area contributed by atoms with Crippen molar-refractivity contribution in [2.75, 3.05) is 13.2 Å². The third-order valence-electron chi connectivity index (χ3n) is 5.00. The zero-order valence-corrected chi connectivity index (χ0v) is 16.8. The first-order chi connectivity index (χ1) is 14.8. The van der Waals surface area contributed by atoms with Crippen LogP contribution in [0.2, 0.25) is 0 Å². The lowest BCUT2D eigenvalue weighted by Crippen LogP contribution is -2.25. The van der Waals surface area contributed by atoms with Crippen LogP contribution < -0.4 is 10.1 Å². The van der Waals surface area contributed by atoms with Crippen molar-refractivity contribution in [2.45, 2.75) is 19.3 Å². The average molecular weight is 399 g/mol. The van der Waals surface area contributed by atoms with E-state index in [2.05, 4.69) is 40.7 Å². The van der Waals surface area contributed by atoms with Crippen LogP contribution in [0, 0.1) is 0 Å². The van der Waals surface area contributed by atoms with Crippen LogP contribution in [0.4, 0.5) is 0 Å². The molecule has 0 fully saturated rings. The number of hydrogen-bond donors (Lipinski definition) is 1. The van der Waals surface area contributed by atoms with E-state index in [1.54, 1.807) is 6.20 Å². The quantitative estimate of drug-likeness (QED) is 0.420. The van der Waals surface area contributed by atoms with E-state index in [0.29, 0.717) is 26.0 Å².